The number of rotatable bonds is 2. The number of phenols is 1. The molecule has 1 aromatic carbocycles. The number of hydrogen-bond donors (Lipinski definition) is 2. The number of nitrogens with zero attached hydrogens (tertiary/aromatic N) is 1. The lowest BCUT2D eigenvalue weighted by Crippen LogP contribution is -2.27. The smallest absolute Gasteiger partial charge is 0.413 e. The molecule has 0 bridgehead atoms. The lowest BCUT2D eigenvalue weighted by atomic mass is 10.2. The van der Waals surface area contributed by atoms with Gasteiger partial charge in [0.1, 0.15) is 11.4 Å². The van der Waals surface area contributed by atoms with Crippen LogP contribution in [0.2, 0.25) is 0 Å². The second kappa shape index (κ2) is 5.50. The molecule has 0 aliphatic rings. The maximum Gasteiger partial charge on any atom is 0.413 e. The van der Waals surface area contributed by atoms with E-state index in [1.165, 1.54) is 11.3 Å². The number of aromatic nitrogens is 1. The molecule has 1 aromatic heterocycles. The first-order valence-corrected chi connectivity index (χ1v) is 6.96. The lowest BCUT2D eigenvalue weighted by molar-refractivity contribution is 0.0636. The SMILES string of the molecule is CC(C)(C)OC(=O)Nc1nc(-c2ccc(O)cc2)cs1. The van der Waals surface area contributed by atoms with Gasteiger partial charge in [0.05, 0.1) is 5.69 Å². The van der Waals surface area contributed by atoms with Crippen molar-refractivity contribution in [2.75, 3.05) is 5.32 Å². The average molecular weight is 292 g/mol. The molecule has 0 radical (unpaired) electrons. The minimum Gasteiger partial charge on any atom is -0.508 e. The van der Waals surface area contributed by atoms with Crippen molar-refractivity contribution in [1.29, 1.82) is 0 Å². The quantitative estimate of drug-likeness (QED) is 0.881. The second-order valence-corrected chi connectivity index (χ2v) is 6.07. The topological polar surface area (TPSA) is 71.5 Å². The first-order valence-electron chi connectivity index (χ1n) is 6.08. The van der Waals surface area contributed by atoms with Crippen LogP contribution in [0.4, 0.5) is 9.93 Å². The van der Waals surface area contributed by atoms with Crippen LogP contribution >= 0.6 is 11.3 Å². The van der Waals surface area contributed by atoms with E-state index in [2.05, 4.69) is 10.3 Å². The highest BCUT2D eigenvalue weighted by Gasteiger charge is 2.17. The molecule has 0 spiro atoms. The summed E-state index contributed by atoms with van der Waals surface area (Å²) in [6.45, 7) is 5.41. The number of anilines is 1. The molecule has 1 heterocycles. The number of benzene rings is 1. The van der Waals surface area contributed by atoms with Gasteiger partial charge in [-0.25, -0.2) is 9.78 Å². The summed E-state index contributed by atoms with van der Waals surface area (Å²) in [5.74, 6) is 0.205. The van der Waals surface area contributed by atoms with Crippen molar-refractivity contribution >= 4 is 22.6 Å². The molecule has 1 amide bonds. The molecule has 6 heteroatoms. The van der Waals surface area contributed by atoms with Crippen LogP contribution in [0.25, 0.3) is 11.3 Å². The van der Waals surface area contributed by atoms with Gasteiger partial charge in [-0.2, -0.15) is 0 Å². The number of carbonyl (C=O) groups is 1. The van der Waals surface area contributed by atoms with E-state index in [1.54, 1.807) is 45.0 Å². The molecule has 2 aromatic rings. The van der Waals surface area contributed by atoms with E-state index in [1.807, 2.05) is 5.38 Å². The monoisotopic (exact) mass is 292 g/mol. The standard InChI is InChI=1S/C14H16N2O3S/c1-14(2,3)19-13(18)16-12-15-11(8-20-12)9-4-6-10(17)7-5-9/h4-8,17H,1-3H3,(H,15,16,18). The first-order chi connectivity index (χ1) is 9.33. The van der Waals surface area contributed by atoms with E-state index in [-0.39, 0.29) is 5.75 Å². The number of carbonyl (C=O) groups excluding carboxylic acids is 1. The molecule has 5 nitrogen and oxygen atoms in total. The van der Waals surface area contributed by atoms with Crippen molar-refractivity contribution in [3.8, 4) is 17.0 Å². The third kappa shape index (κ3) is 3.96. The van der Waals surface area contributed by atoms with Gasteiger partial charge >= 0.3 is 6.09 Å². The third-order valence-corrected chi connectivity index (χ3v) is 3.03. The maximum absolute atomic E-state index is 11.6. The Morgan fingerprint density at radius 1 is 1.30 bits per heavy atom. The largest absolute Gasteiger partial charge is 0.508 e. The zero-order chi connectivity index (χ0) is 14.8. The molecular formula is C14H16N2O3S. The lowest BCUT2D eigenvalue weighted by Gasteiger charge is -2.18. The minimum absolute atomic E-state index is 0.205. The van der Waals surface area contributed by atoms with Gasteiger partial charge in [-0.1, -0.05) is 0 Å². The predicted molar refractivity (Wildman–Crippen MR) is 79.1 cm³/mol. The van der Waals surface area contributed by atoms with Gasteiger partial charge in [-0.15, -0.1) is 11.3 Å². The number of amides is 1. The van der Waals surface area contributed by atoms with Gasteiger partial charge in [0.2, 0.25) is 0 Å². The summed E-state index contributed by atoms with van der Waals surface area (Å²) in [6, 6.07) is 6.72. The van der Waals surface area contributed by atoms with Crippen molar-refractivity contribution in [3.05, 3.63) is 29.6 Å². The molecule has 2 N–H and O–H groups in total. The van der Waals surface area contributed by atoms with E-state index in [4.69, 9.17) is 4.74 Å². The van der Waals surface area contributed by atoms with Crippen molar-refractivity contribution in [2.45, 2.75) is 26.4 Å². The number of ether oxygens (including phenoxy) is 1. The molecule has 0 fully saturated rings. The van der Waals surface area contributed by atoms with Gasteiger partial charge in [0.15, 0.2) is 5.13 Å². The minimum atomic E-state index is -0.541. The van der Waals surface area contributed by atoms with Crippen LogP contribution in [0.3, 0.4) is 0 Å². The summed E-state index contributed by atoms with van der Waals surface area (Å²) in [7, 11) is 0. The van der Waals surface area contributed by atoms with Crippen LogP contribution in [-0.4, -0.2) is 21.8 Å². The van der Waals surface area contributed by atoms with Gasteiger partial charge in [0, 0.05) is 10.9 Å². The summed E-state index contributed by atoms with van der Waals surface area (Å²) in [5, 5.41) is 14.1. The van der Waals surface area contributed by atoms with E-state index in [0.717, 1.165) is 11.3 Å². The number of hydrogen-bond acceptors (Lipinski definition) is 5. The van der Waals surface area contributed by atoms with Gasteiger partial charge in [0.25, 0.3) is 0 Å². The van der Waals surface area contributed by atoms with E-state index >= 15 is 0 Å². The third-order valence-electron chi connectivity index (χ3n) is 2.28. The van der Waals surface area contributed by atoms with Crippen LogP contribution in [0.5, 0.6) is 5.75 Å². The molecule has 0 saturated carbocycles. The molecular weight excluding hydrogens is 276 g/mol. The number of nitrogens with one attached hydrogen (secondary N) is 1. The fourth-order valence-electron chi connectivity index (χ4n) is 1.49. The van der Waals surface area contributed by atoms with Gasteiger partial charge in [-0.3, -0.25) is 5.32 Å². The Balaban J connectivity index is 2.06. The molecule has 0 aliphatic heterocycles. The fourth-order valence-corrected chi connectivity index (χ4v) is 2.19. The van der Waals surface area contributed by atoms with Crippen molar-refractivity contribution in [3.63, 3.8) is 0 Å². The van der Waals surface area contributed by atoms with E-state index in [0.29, 0.717) is 5.13 Å². The fraction of sp³-hybridized carbons (Fsp3) is 0.286. The number of aromatic hydroxyl groups is 1. The van der Waals surface area contributed by atoms with E-state index < -0.39 is 11.7 Å². The molecule has 106 valence electrons. The normalized spacial score (nSPS) is 11.2. The van der Waals surface area contributed by atoms with Crippen LogP contribution in [0.1, 0.15) is 20.8 Å². The summed E-state index contributed by atoms with van der Waals surface area (Å²) in [4.78, 5) is 15.9. The van der Waals surface area contributed by atoms with Gasteiger partial charge < -0.3 is 9.84 Å². The van der Waals surface area contributed by atoms with Crippen molar-refractivity contribution in [1.82, 2.24) is 4.98 Å². The number of thiazole rings is 1. The van der Waals surface area contributed by atoms with Crippen LogP contribution < -0.4 is 5.32 Å². The summed E-state index contributed by atoms with van der Waals surface area (Å²) in [6.07, 6.45) is -0.524. The maximum atomic E-state index is 11.6. The molecule has 2 rings (SSSR count). The highest BCUT2D eigenvalue weighted by Crippen LogP contribution is 2.26. The zero-order valence-corrected chi connectivity index (χ0v) is 12.3. The molecule has 0 saturated heterocycles. The summed E-state index contributed by atoms with van der Waals surface area (Å²) in [5.41, 5.74) is 1.07. The second-order valence-electron chi connectivity index (χ2n) is 5.21. The Labute approximate surface area is 121 Å². The van der Waals surface area contributed by atoms with Crippen LogP contribution in [0.15, 0.2) is 29.6 Å². The van der Waals surface area contributed by atoms with Crippen LogP contribution in [-0.2, 0) is 4.74 Å². The predicted octanol–water partition coefficient (Wildman–Crippen LogP) is 3.86. The van der Waals surface area contributed by atoms with Gasteiger partial charge in [-0.05, 0) is 45.0 Å². The molecule has 20 heavy (non-hydrogen) atoms. The Kier molecular flexibility index (Phi) is 3.94. The zero-order valence-electron chi connectivity index (χ0n) is 11.5. The van der Waals surface area contributed by atoms with Crippen LogP contribution in [0, 0.1) is 0 Å². The first kappa shape index (κ1) is 14.3. The summed E-state index contributed by atoms with van der Waals surface area (Å²) >= 11 is 1.32. The van der Waals surface area contributed by atoms with Crippen molar-refractivity contribution < 1.29 is 14.6 Å². The molecule has 0 aliphatic carbocycles. The van der Waals surface area contributed by atoms with Crippen molar-refractivity contribution in [2.24, 2.45) is 0 Å². The Morgan fingerprint density at radius 3 is 2.55 bits per heavy atom. The summed E-state index contributed by atoms with van der Waals surface area (Å²) < 4.78 is 5.16. The number of phenolic OH excluding ortho intramolecular Hbond substituents is 1. The Bertz CT molecular complexity index is 600. The average Bonchev–Trinajstić information content (AvgIpc) is 2.75. The Morgan fingerprint density at radius 2 is 1.95 bits per heavy atom. The molecule has 0 atom stereocenters. The Hall–Kier alpha value is -2.08. The highest BCUT2D eigenvalue weighted by molar-refractivity contribution is 7.14. The molecule has 0 unspecified atom stereocenters. The highest BCUT2D eigenvalue weighted by atomic mass is 32.1. The van der Waals surface area contributed by atoms with E-state index in [9.17, 15) is 9.90 Å².